The van der Waals surface area contributed by atoms with Gasteiger partial charge in [0.15, 0.2) is 0 Å². The summed E-state index contributed by atoms with van der Waals surface area (Å²) in [5, 5.41) is 3.60. The minimum absolute atomic E-state index is 0.0927. The number of carbonyl (C=O) groups is 1. The molecule has 3 nitrogen and oxygen atoms in total. The zero-order valence-corrected chi connectivity index (χ0v) is 8.48. The highest BCUT2D eigenvalue weighted by molar-refractivity contribution is 8.00. The second-order valence-corrected chi connectivity index (χ2v) is 4.97. The van der Waals surface area contributed by atoms with Gasteiger partial charge in [-0.25, -0.2) is 0 Å². The van der Waals surface area contributed by atoms with Crippen molar-refractivity contribution in [2.45, 2.75) is 37.0 Å². The summed E-state index contributed by atoms with van der Waals surface area (Å²) in [4.78, 5) is 11.0. The van der Waals surface area contributed by atoms with E-state index in [2.05, 4.69) is 19.2 Å². The van der Waals surface area contributed by atoms with Gasteiger partial charge in [-0.1, -0.05) is 13.8 Å². The molecule has 0 aromatic heterocycles. The lowest BCUT2D eigenvalue weighted by molar-refractivity contribution is -0.120. The van der Waals surface area contributed by atoms with E-state index in [0.29, 0.717) is 11.7 Å². The first-order chi connectivity index (χ1) is 5.63. The van der Waals surface area contributed by atoms with Crippen molar-refractivity contribution in [3.63, 3.8) is 0 Å². The number of thioether (sulfide) groups is 1. The summed E-state index contributed by atoms with van der Waals surface area (Å²) in [6.45, 7) is 4.25. The molecule has 1 N–H and O–H groups in total. The molecule has 1 aliphatic rings. The van der Waals surface area contributed by atoms with Crippen LogP contribution in [0, 0.1) is 0 Å². The van der Waals surface area contributed by atoms with Crippen molar-refractivity contribution >= 4 is 17.7 Å². The second-order valence-electron chi connectivity index (χ2n) is 3.15. The first-order valence-electron chi connectivity index (χ1n) is 4.11. The maximum absolute atomic E-state index is 11.0. The molecule has 0 aromatic carbocycles. The van der Waals surface area contributed by atoms with Crippen molar-refractivity contribution in [2.75, 3.05) is 7.11 Å². The van der Waals surface area contributed by atoms with Gasteiger partial charge in [-0.15, -0.1) is 0 Å². The van der Waals surface area contributed by atoms with E-state index in [1.807, 2.05) is 0 Å². The number of hydrogen-bond acceptors (Lipinski definition) is 3. The van der Waals surface area contributed by atoms with Gasteiger partial charge in [0.25, 0.3) is 0 Å². The molecular weight excluding hydrogens is 174 g/mol. The predicted octanol–water partition coefficient (Wildman–Crippen LogP) is 0.989. The molecule has 0 radical (unpaired) electrons. The van der Waals surface area contributed by atoms with E-state index in [1.54, 1.807) is 18.9 Å². The molecule has 1 aliphatic heterocycles. The predicted molar refractivity (Wildman–Crippen MR) is 50.1 cm³/mol. The van der Waals surface area contributed by atoms with Crippen LogP contribution in [-0.4, -0.2) is 29.7 Å². The third-order valence-corrected chi connectivity index (χ3v) is 3.04. The van der Waals surface area contributed by atoms with Crippen molar-refractivity contribution in [3.8, 4) is 0 Å². The average Bonchev–Trinajstić information content (AvgIpc) is 2.29. The second kappa shape index (κ2) is 4.14. The highest BCUT2D eigenvalue weighted by atomic mass is 32.2. The lowest BCUT2D eigenvalue weighted by Gasteiger charge is -2.18. The van der Waals surface area contributed by atoms with E-state index >= 15 is 0 Å². The molecule has 1 heterocycles. The van der Waals surface area contributed by atoms with E-state index in [-0.39, 0.29) is 17.4 Å². The van der Waals surface area contributed by atoms with Crippen molar-refractivity contribution in [1.29, 1.82) is 0 Å². The number of ether oxygens (including phenoxy) is 1. The fraction of sp³-hybridized carbons (Fsp3) is 0.875. The van der Waals surface area contributed by atoms with Crippen LogP contribution in [0.3, 0.4) is 0 Å². The van der Waals surface area contributed by atoms with Crippen LogP contribution in [0.4, 0.5) is 0 Å². The highest BCUT2D eigenvalue weighted by Crippen LogP contribution is 2.27. The van der Waals surface area contributed by atoms with Crippen molar-refractivity contribution in [3.05, 3.63) is 0 Å². The normalized spacial score (nSPS) is 29.5. The third kappa shape index (κ3) is 2.38. The molecule has 1 amide bonds. The summed E-state index contributed by atoms with van der Waals surface area (Å²) in [7, 11) is 1.63. The number of hydrogen-bond donors (Lipinski definition) is 1. The SMILES string of the molecule is CO[C@H]1NC(=O)C[C@@H]1SC(C)C. The molecule has 0 aromatic rings. The summed E-state index contributed by atoms with van der Waals surface area (Å²) in [5.41, 5.74) is 0. The quantitative estimate of drug-likeness (QED) is 0.719. The molecule has 1 rings (SSSR count). The van der Waals surface area contributed by atoms with Gasteiger partial charge >= 0.3 is 0 Å². The lowest BCUT2D eigenvalue weighted by Crippen LogP contribution is -2.32. The van der Waals surface area contributed by atoms with Gasteiger partial charge in [-0.05, 0) is 5.25 Å². The first-order valence-corrected chi connectivity index (χ1v) is 5.05. The Hall–Kier alpha value is -0.220. The van der Waals surface area contributed by atoms with Gasteiger partial charge in [0, 0.05) is 13.5 Å². The number of methoxy groups -OCH3 is 1. The van der Waals surface area contributed by atoms with Crippen LogP contribution < -0.4 is 5.32 Å². The van der Waals surface area contributed by atoms with Crippen molar-refractivity contribution < 1.29 is 9.53 Å². The molecule has 0 aliphatic carbocycles. The molecule has 70 valence electrons. The largest absolute Gasteiger partial charge is 0.361 e. The summed E-state index contributed by atoms with van der Waals surface area (Å²) >= 11 is 1.79. The maximum atomic E-state index is 11.0. The van der Waals surface area contributed by atoms with E-state index in [1.165, 1.54) is 0 Å². The van der Waals surface area contributed by atoms with E-state index in [9.17, 15) is 4.79 Å². The average molecular weight is 189 g/mol. The van der Waals surface area contributed by atoms with Gasteiger partial charge in [-0.2, -0.15) is 11.8 Å². The minimum Gasteiger partial charge on any atom is -0.361 e. The van der Waals surface area contributed by atoms with Gasteiger partial charge in [0.1, 0.15) is 6.23 Å². The first kappa shape index (κ1) is 9.86. The van der Waals surface area contributed by atoms with Crippen LogP contribution in [0.15, 0.2) is 0 Å². The van der Waals surface area contributed by atoms with E-state index < -0.39 is 0 Å². The number of nitrogens with one attached hydrogen (secondary N) is 1. The number of rotatable bonds is 3. The smallest absolute Gasteiger partial charge is 0.223 e. The molecule has 0 saturated carbocycles. The lowest BCUT2D eigenvalue weighted by atomic mass is 10.3. The van der Waals surface area contributed by atoms with Gasteiger partial charge in [-0.3, -0.25) is 4.79 Å². The van der Waals surface area contributed by atoms with Gasteiger partial charge < -0.3 is 10.1 Å². The van der Waals surface area contributed by atoms with Crippen LogP contribution in [0.1, 0.15) is 20.3 Å². The Balaban J connectivity index is 2.46. The maximum Gasteiger partial charge on any atom is 0.223 e. The van der Waals surface area contributed by atoms with Crippen molar-refractivity contribution in [2.24, 2.45) is 0 Å². The summed E-state index contributed by atoms with van der Waals surface area (Å²) in [6, 6.07) is 0. The van der Waals surface area contributed by atoms with Crippen LogP contribution in [-0.2, 0) is 9.53 Å². The van der Waals surface area contributed by atoms with Crippen LogP contribution in [0.5, 0.6) is 0 Å². The summed E-state index contributed by atoms with van der Waals surface area (Å²) in [5.74, 6) is 0.0972. The number of carbonyl (C=O) groups excluding carboxylic acids is 1. The topological polar surface area (TPSA) is 38.3 Å². The molecule has 1 fully saturated rings. The molecule has 1 saturated heterocycles. The Morgan fingerprint density at radius 2 is 2.33 bits per heavy atom. The van der Waals surface area contributed by atoms with Crippen LogP contribution >= 0.6 is 11.8 Å². The standard InChI is InChI=1S/C8H15NO2S/c1-5(2)12-6-4-7(10)9-8(6)11-3/h5-6,8H,4H2,1-3H3,(H,9,10)/t6-,8+/m0/s1. The Bertz CT molecular complexity index is 172. The van der Waals surface area contributed by atoms with Gasteiger partial charge in [0.2, 0.25) is 5.91 Å². The Morgan fingerprint density at radius 3 is 2.83 bits per heavy atom. The van der Waals surface area contributed by atoms with Gasteiger partial charge in [0.05, 0.1) is 5.25 Å². The molecule has 2 atom stereocenters. The number of amides is 1. The van der Waals surface area contributed by atoms with Crippen LogP contribution in [0.2, 0.25) is 0 Å². The van der Waals surface area contributed by atoms with E-state index in [4.69, 9.17) is 4.74 Å². The zero-order chi connectivity index (χ0) is 9.14. The Kier molecular flexibility index (Phi) is 3.40. The minimum atomic E-state index is -0.0927. The third-order valence-electron chi connectivity index (χ3n) is 1.73. The molecule has 4 heteroatoms. The highest BCUT2D eigenvalue weighted by Gasteiger charge is 2.33. The fourth-order valence-electron chi connectivity index (χ4n) is 1.28. The molecule has 12 heavy (non-hydrogen) atoms. The summed E-state index contributed by atoms with van der Waals surface area (Å²) in [6.07, 6.45) is 0.492. The fourth-order valence-corrected chi connectivity index (χ4v) is 2.55. The van der Waals surface area contributed by atoms with Crippen molar-refractivity contribution in [1.82, 2.24) is 5.32 Å². The zero-order valence-electron chi connectivity index (χ0n) is 7.66. The monoisotopic (exact) mass is 189 g/mol. The molecular formula is C8H15NO2S. The van der Waals surface area contributed by atoms with Crippen LogP contribution in [0.25, 0.3) is 0 Å². The Labute approximate surface area is 77.2 Å². The Morgan fingerprint density at radius 1 is 1.67 bits per heavy atom. The van der Waals surface area contributed by atoms with E-state index in [0.717, 1.165) is 0 Å². The summed E-state index contributed by atoms with van der Waals surface area (Å²) < 4.78 is 5.14. The molecule has 0 spiro atoms. The molecule has 0 bridgehead atoms. The molecule has 0 unspecified atom stereocenters.